The van der Waals surface area contributed by atoms with Crippen LogP contribution < -0.4 is 0 Å². The molecular formula is C26H42O10. The summed E-state index contributed by atoms with van der Waals surface area (Å²) >= 11 is 0. The molecule has 206 valence electrons. The topological polar surface area (TPSA) is 141 Å². The lowest BCUT2D eigenvalue weighted by atomic mass is 9.93. The van der Waals surface area contributed by atoms with Crippen LogP contribution in [0, 0.1) is 0 Å². The van der Waals surface area contributed by atoms with Crippen molar-refractivity contribution in [2.75, 3.05) is 6.61 Å². The van der Waals surface area contributed by atoms with Crippen molar-refractivity contribution in [3.05, 3.63) is 36.0 Å². The molecule has 1 fully saturated rings. The fraction of sp³-hybridized carbons (Fsp3) is 0.692. The summed E-state index contributed by atoms with van der Waals surface area (Å²) < 4.78 is 22.9. The van der Waals surface area contributed by atoms with Crippen LogP contribution in [0.1, 0.15) is 67.7 Å². The highest BCUT2D eigenvalue weighted by Gasteiger charge is 2.51. The summed E-state index contributed by atoms with van der Waals surface area (Å²) in [6.45, 7) is 14.9. The lowest BCUT2D eigenvalue weighted by Gasteiger charge is -2.45. The van der Waals surface area contributed by atoms with E-state index in [0.29, 0.717) is 24.8 Å². The molecule has 0 radical (unpaired) electrons. The fourth-order valence-corrected chi connectivity index (χ4v) is 3.47. The van der Waals surface area contributed by atoms with Gasteiger partial charge in [-0.25, -0.2) is 14.5 Å². The molecule has 1 aliphatic rings. The molecule has 0 spiro atoms. The van der Waals surface area contributed by atoms with Crippen LogP contribution in [-0.2, 0) is 33.4 Å². The molecule has 10 nitrogen and oxygen atoms in total. The second-order valence-corrected chi connectivity index (χ2v) is 9.74. The molecule has 0 amide bonds. The van der Waals surface area contributed by atoms with Crippen LogP contribution in [0.25, 0.3) is 0 Å². The molecule has 3 N–H and O–H groups in total. The maximum atomic E-state index is 12.6. The van der Waals surface area contributed by atoms with Crippen molar-refractivity contribution in [1.29, 1.82) is 0 Å². The van der Waals surface area contributed by atoms with Gasteiger partial charge in [0.15, 0.2) is 18.5 Å². The van der Waals surface area contributed by atoms with Crippen LogP contribution in [0.3, 0.4) is 0 Å². The number of hydrogen-bond acceptors (Lipinski definition) is 10. The SMILES string of the molecule is C=C[C@](C)(CCCC(C)(C)OO)O[C@@H]1O[C@H](CO)[C@@H](OC(=O)/C(C)=C\C)[C@H](OC(=O)/C(C)=C\C)[C@H]1O. The largest absolute Gasteiger partial charge is 0.452 e. The van der Waals surface area contributed by atoms with Crippen molar-refractivity contribution in [3.8, 4) is 0 Å². The Hall–Kier alpha value is -2.08. The third kappa shape index (κ3) is 8.79. The Morgan fingerprint density at radius 3 is 1.97 bits per heavy atom. The van der Waals surface area contributed by atoms with E-state index in [4.69, 9.17) is 24.2 Å². The van der Waals surface area contributed by atoms with Crippen molar-refractivity contribution >= 4 is 11.9 Å². The molecule has 1 aliphatic heterocycles. The average molecular weight is 515 g/mol. The van der Waals surface area contributed by atoms with Gasteiger partial charge in [-0.3, -0.25) is 5.26 Å². The minimum Gasteiger partial charge on any atom is -0.452 e. The Kier molecular flexibility index (Phi) is 12.4. The highest BCUT2D eigenvalue weighted by molar-refractivity contribution is 5.88. The number of aliphatic hydroxyl groups is 2. The Morgan fingerprint density at radius 1 is 1.00 bits per heavy atom. The van der Waals surface area contributed by atoms with Gasteiger partial charge in [0.2, 0.25) is 0 Å². The molecule has 0 unspecified atom stereocenters. The summed E-state index contributed by atoms with van der Waals surface area (Å²) in [5, 5.41) is 30.2. The quantitative estimate of drug-likeness (QED) is 0.110. The first kappa shape index (κ1) is 31.9. The van der Waals surface area contributed by atoms with Gasteiger partial charge in [0.05, 0.1) is 17.8 Å². The van der Waals surface area contributed by atoms with Gasteiger partial charge in [-0.15, -0.1) is 6.58 Å². The van der Waals surface area contributed by atoms with Gasteiger partial charge in [0, 0.05) is 11.1 Å². The van der Waals surface area contributed by atoms with E-state index in [9.17, 15) is 19.8 Å². The zero-order valence-electron chi connectivity index (χ0n) is 22.4. The third-order valence-electron chi connectivity index (χ3n) is 6.31. The van der Waals surface area contributed by atoms with Crippen LogP contribution in [0.15, 0.2) is 36.0 Å². The molecule has 1 heterocycles. The summed E-state index contributed by atoms with van der Waals surface area (Å²) in [5.74, 6) is -1.43. The maximum absolute atomic E-state index is 12.6. The third-order valence-corrected chi connectivity index (χ3v) is 6.31. The highest BCUT2D eigenvalue weighted by atomic mass is 17.1. The minimum absolute atomic E-state index is 0.283. The zero-order valence-corrected chi connectivity index (χ0v) is 22.4. The summed E-state index contributed by atoms with van der Waals surface area (Å²) in [6.07, 6.45) is -0.557. The van der Waals surface area contributed by atoms with Crippen LogP contribution >= 0.6 is 0 Å². The van der Waals surface area contributed by atoms with E-state index in [1.54, 1.807) is 66.7 Å². The molecule has 0 aliphatic carbocycles. The first-order chi connectivity index (χ1) is 16.8. The maximum Gasteiger partial charge on any atom is 0.333 e. The number of carbonyl (C=O) groups excluding carboxylic acids is 2. The number of aliphatic hydroxyl groups excluding tert-OH is 2. The average Bonchev–Trinajstić information content (AvgIpc) is 2.86. The standard InChI is InChI=1S/C26H42O10/c1-9-16(4)22(29)33-20-18(15-27)32-24(19(28)21(20)34-23(30)17(5)10-2)35-26(8,11-3)14-12-13-25(6,7)36-31/h9-11,18-21,24,27-28,31H,3,12-15H2,1-2,4-8H3/b16-9-,17-10-/t18-,19-,20-,21-,24+,26-/m1/s1. The fourth-order valence-electron chi connectivity index (χ4n) is 3.47. The van der Waals surface area contributed by atoms with E-state index in [2.05, 4.69) is 11.5 Å². The van der Waals surface area contributed by atoms with E-state index in [1.165, 1.54) is 0 Å². The van der Waals surface area contributed by atoms with Gasteiger partial charge in [-0.05, 0) is 67.7 Å². The molecule has 1 saturated heterocycles. The molecule has 6 atom stereocenters. The van der Waals surface area contributed by atoms with Crippen LogP contribution in [0.4, 0.5) is 0 Å². The number of ether oxygens (including phenoxy) is 4. The Labute approximate surface area is 213 Å². The number of esters is 2. The van der Waals surface area contributed by atoms with Gasteiger partial charge >= 0.3 is 11.9 Å². The van der Waals surface area contributed by atoms with E-state index in [-0.39, 0.29) is 5.57 Å². The predicted molar refractivity (Wildman–Crippen MR) is 132 cm³/mol. The van der Waals surface area contributed by atoms with E-state index < -0.39 is 60.5 Å². The van der Waals surface area contributed by atoms with Gasteiger partial charge in [0.1, 0.15) is 12.2 Å². The minimum atomic E-state index is -1.55. The normalized spacial score (nSPS) is 27.2. The summed E-state index contributed by atoms with van der Waals surface area (Å²) in [7, 11) is 0. The van der Waals surface area contributed by atoms with Crippen molar-refractivity contribution in [1.82, 2.24) is 0 Å². The highest BCUT2D eigenvalue weighted by Crippen LogP contribution is 2.33. The van der Waals surface area contributed by atoms with Gasteiger partial charge in [0.25, 0.3) is 0 Å². The van der Waals surface area contributed by atoms with Crippen LogP contribution in [0.2, 0.25) is 0 Å². The zero-order chi connectivity index (χ0) is 27.7. The number of allylic oxidation sites excluding steroid dienone is 2. The Bertz CT molecular complexity index is 818. The lowest BCUT2D eigenvalue weighted by Crippen LogP contribution is -2.62. The first-order valence-corrected chi connectivity index (χ1v) is 12.0. The number of carbonyl (C=O) groups is 2. The van der Waals surface area contributed by atoms with Crippen molar-refractivity contribution in [3.63, 3.8) is 0 Å². The van der Waals surface area contributed by atoms with E-state index in [1.807, 2.05) is 0 Å². The van der Waals surface area contributed by atoms with E-state index in [0.717, 1.165) is 0 Å². The monoisotopic (exact) mass is 514 g/mol. The number of hydrogen-bond donors (Lipinski definition) is 3. The van der Waals surface area contributed by atoms with Crippen molar-refractivity contribution in [2.24, 2.45) is 0 Å². The number of rotatable bonds is 13. The summed E-state index contributed by atoms with van der Waals surface area (Å²) in [5.41, 5.74) is -1.16. The van der Waals surface area contributed by atoms with Crippen LogP contribution in [-0.4, -0.2) is 75.9 Å². The smallest absolute Gasteiger partial charge is 0.333 e. The Morgan fingerprint density at radius 2 is 1.53 bits per heavy atom. The van der Waals surface area contributed by atoms with Gasteiger partial charge < -0.3 is 29.2 Å². The molecule has 0 aromatic carbocycles. The van der Waals surface area contributed by atoms with Gasteiger partial charge in [-0.2, -0.15) is 0 Å². The molecule has 0 bridgehead atoms. The lowest BCUT2D eigenvalue weighted by molar-refractivity contribution is -0.323. The summed E-state index contributed by atoms with van der Waals surface area (Å²) in [6, 6.07) is 0. The Balaban J connectivity index is 3.22. The first-order valence-electron chi connectivity index (χ1n) is 12.0. The molecule has 10 heteroatoms. The van der Waals surface area contributed by atoms with Gasteiger partial charge in [-0.1, -0.05) is 18.2 Å². The molecule has 0 saturated carbocycles. The van der Waals surface area contributed by atoms with E-state index >= 15 is 0 Å². The van der Waals surface area contributed by atoms with Crippen LogP contribution in [0.5, 0.6) is 0 Å². The summed E-state index contributed by atoms with van der Waals surface area (Å²) in [4.78, 5) is 29.5. The predicted octanol–water partition coefficient (Wildman–Crippen LogP) is 3.22. The molecular weight excluding hydrogens is 472 g/mol. The second-order valence-electron chi connectivity index (χ2n) is 9.74. The molecule has 0 aromatic heterocycles. The van der Waals surface area contributed by atoms with Crippen molar-refractivity contribution in [2.45, 2.75) is 110 Å². The molecule has 1 rings (SSSR count). The second kappa shape index (κ2) is 14.0. The molecule has 0 aromatic rings. The van der Waals surface area contributed by atoms with Crippen molar-refractivity contribution < 1.29 is 48.9 Å². The molecule has 36 heavy (non-hydrogen) atoms.